The van der Waals surface area contributed by atoms with Crippen LogP contribution in [0.4, 0.5) is 0 Å². The van der Waals surface area contributed by atoms with E-state index in [1.165, 1.54) is 4.88 Å². The van der Waals surface area contributed by atoms with E-state index in [1.807, 2.05) is 28.2 Å². The average Bonchev–Trinajstić information content (AvgIpc) is 3.20. The molecule has 3 aromatic rings. The highest BCUT2D eigenvalue weighted by atomic mass is 32.1. The summed E-state index contributed by atoms with van der Waals surface area (Å²) in [5.74, 6) is 0.753. The lowest BCUT2D eigenvalue weighted by Gasteiger charge is -2.18. The molecule has 6 nitrogen and oxygen atoms in total. The molecule has 0 amide bonds. The Kier molecular flexibility index (Phi) is 4.53. The standard InChI is InChI=1S/C17H19N5OS/c1-4-14(10-18-6-1)23-13-16-17-12-21(11-15-5-2-9-24-15)7-3-8-22(17)20-19-16/h1-2,4-6,9-10H,3,7-8,11-13H2. The molecule has 0 N–H and O–H groups in total. The molecule has 0 bridgehead atoms. The second-order valence-corrected chi connectivity index (χ2v) is 6.86. The zero-order valence-electron chi connectivity index (χ0n) is 13.3. The lowest BCUT2D eigenvalue weighted by molar-refractivity contribution is 0.257. The van der Waals surface area contributed by atoms with Crippen molar-refractivity contribution in [1.29, 1.82) is 0 Å². The van der Waals surface area contributed by atoms with Gasteiger partial charge in [0.1, 0.15) is 18.1 Å². The number of hydrogen-bond donors (Lipinski definition) is 0. The minimum atomic E-state index is 0.424. The Balaban J connectivity index is 1.47. The van der Waals surface area contributed by atoms with Crippen LogP contribution in [0.2, 0.25) is 0 Å². The van der Waals surface area contributed by atoms with E-state index in [9.17, 15) is 0 Å². The van der Waals surface area contributed by atoms with Crippen LogP contribution in [0.5, 0.6) is 5.75 Å². The van der Waals surface area contributed by atoms with E-state index >= 15 is 0 Å². The van der Waals surface area contributed by atoms with E-state index in [-0.39, 0.29) is 0 Å². The molecule has 124 valence electrons. The second-order valence-electron chi connectivity index (χ2n) is 5.83. The predicted octanol–water partition coefficient (Wildman–Crippen LogP) is 2.72. The minimum Gasteiger partial charge on any atom is -0.486 e. The third kappa shape index (κ3) is 3.47. The highest BCUT2D eigenvalue weighted by molar-refractivity contribution is 7.09. The maximum Gasteiger partial charge on any atom is 0.138 e. The summed E-state index contributed by atoms with van der Waals surface area (Å²) in [6, 6.07) is 8.07. The molecule has 0 saturated heterocycles. The molecule has 0 atom stereocenters. The first-order chi connectivity index (χ1) is 11.9. The van der Waals surface area contributed by atoms with Gasteiger partial charge in [0, 0.05) is 37.3 Å². The molecule has 0 unspecified atom stereocenters. The molecule has 0 fully saturated rings. The summed E-state index contributed by atoms with van der Waals surface area (Å²) in [6.07, 6.45) is 4.54. The van der Waals surface area contributed by atoms with Crippen molar-refractivity contribution in [2.45, 2.75) is 32.7 Å². The fraction of sp³-hybridized carbons (Fsp3) is 0.353. The van der Waals surface area contributed by atoms with Gasteiger partial charge in [0.05, 0.1) is 11.9 Å². The number of aryl methyl sites for hydroxylation is 1. The van der Waals surface area contributed by atoms with Crippen molar-refractivity contribution in [3.8, 4) is 5.75 Å². The van der Waals surface area contributed by atoms with Gasteiger partial charge in [-0.2, -0.15) is 0 Å². The van der Waals surface area contributed by atoms with Gasteiger partial charge in [0.25, 0.3) is 0 Å². The molecular formula is C17H19N5OS. The Hall–Kier alpha value is -2.25. The molecule has 24 heavy (non-hydrogen) atoms. The van der Waals surface area contributed by atoms with Crippen LogP contribution >= 0.6 is 11.3 Å². The molecule has 0 spiro atoms. The Bertz CT molecular complexity index is 772. The van der Waals surface area contributed by atoms with Crippen molar-refractivity contribution in [1.82, 2.24) is 24.9 Å². The molecule has 0 aliphatic carbocycles. The summed E-state index contributed by atoms with van der Waals surface area (Å²) in [5.41, 5.74) is 2.07. The van der Waals surface area contributed by atoms with Crippen LogP contribution < -0.4 is 4.74 Å². The molecule has 3 aromatic heterocycles. The van der Waals surface area contributed by atoms with Gasteiger partial charge in [-0.3, -0.25) is 9.88 Å². The van der Waals surface area contributed by atoms with Gasteiger partial charge in [-0.15, -0.1) is 16.4 Å². The largest absolute Gasteiger partial charge is 0.486 e. The van der Waals surface area contributed by atoms with Crippen LogP contribution in [0.3, 0.4) is 0 Å². The van der Waals surface area contributed by atoms with Crippen LogP contribution in [0.15, 0.2) is 42.0 Å². The van der Waals surface area contributed by atoms with Crippen LogP contribution in [0.25, 0.3) is 0 Å². The zero-order chi connectivity index (χ0) is 16.2. The van der Waals surface area contributed by atoms with Gasteiger partial charge in [0.2, 0.25) is 0 Å². The highest BCUT2D eigenvalue weighted by Gasteiger charge is 2.20. The minimum absolute atomic E-state index is 0.424. The number of pyridine rings is 1. The molecule has 4 rings (SSSR count). The molecule has 1 aliphatic rings. The average molecular weight is 341 g/mol. The van der Waals surface area contributed by atoms with E-state index in [1.54, 1.807) is 12.4 Å². The number of hydrogen-bond acceptors (Lipinski definition) is 6. The Labute approximate surface area is 144 Å². The topological polar surface area (TPSA) is 56.1 Å². The van der Waals surface area contributed by atoms with Crippen LogP contribution in [0.1, 0.15) is 22.7 Å². The van der Waals surface area contributed by atoms with Crippen molar-refractivity contribution < 1.29 is 4.74 Å². The van der Waals surface area contributed by atoms with Crippen molar-refractivity contribution in [2.24, 2.45) is 0 Å². The summed E-state index contributed by atoms with van der Waals surface area (Å²) in [7, 11) is 0. The van der Waals surface area contributed by atoms with E-state index in [4.69, 9.17) is 4.74 Å². The molecule has 4 heterocycles. The van der Waals surface area contributed by atoms with E-state index in [0.29, 0.717) is 6.61 Å². The lowest BCUT2D eigenvalue weighted by atomic mass is 10.3. The number of fused-ring (bicyclic) bond motifs is 1. The Morgan fingerprint density at radius 1 is 1.21 bits per heavy atom. The van der Waals surface area contributed by atoms with Crippen LogP contribution in [-0.4, -0.2) is 31.4 Å². The normalized spacial score (nSPS) is 15.0. The summed E-state index contributed by atoms with van der Waals surface area (Å²) < 4.78 is 7.83. The Morgan fingerprint density at radius 3 is 3.04 bits per heavy atom. The number of aromatic nitrogens is 4. The molecule has 7 heteroatoms. The van der Waals surface area contributed by atoms with Crippen molar-refractivity contribution in [3.63, 3.8) is 0 Å². The van der Waals surface area contributed by atoms with Crippen molar-refractivity contribution in [2.75, 3.05) is 6.54 Å². The summed E-state index contributed by atoms with van der Waals surface area (Å²) in [6.45, 7) is 4.25. The zero-order valence-corrected chi connectivity index (χ0v) is 14.2. The summed E-state index contributed by atoms with van der Waals surface area (Å²) >= 11 is 1.81. The monoisotopic (exact) mass is 341 g/mol. The quantitative estimate of drug-likeness (QED) is 0.714. The summed E-state index contributed by atoms with van der Waals surface area (Å²) in [4.78, 5) is 7.92. The molecule has 0 aromatic carbocycles. The van der Waals surface area contributed by atoms with Crippen molar-refractivity contribution in [3.05, 3.63) is 58.3 Å². The summed E-state index contributed by atoms with van der Waals surface area (Å²) in [5, 5.41) is 10.8. The highest BCUT2D eigenvalue weighted by Crippen LogP contribution is 2.20. The molecule has 0 saturated carbocycles. The fourth-order valence-electron chi connectivity index (χ4n) is 2.91. The van der Waals surface area contributed by atoms with Crippen LogP contribution in [0, 0.1) is 0 Å². The lowest BCUT2D eigenvalue weighted by Crippen LogP contribution is -2.23. The third-order valence-electron chi connectivity index (χ3n) is 4.11. The predicted molar refractivity (Wildman–Crippen MR) is 91.6 cm³/mol. The number of thiophene rings is 1. The van der Waals surface area contributed by atoms with E-state index in [2.05, 4.69) is 37.7 Å². The van der Waals surface area contributed by atoms with Gasteiger partial charge < -0.3 is 4.74 Å². The SMILES string of the molecule is c1cncc(OCc2nnn3c2CN(Cc2cccs2)CCC3)c1. The van der Waals surface area contributed by atoms with E-state index in [0.717, 1.165) is 49.7 Å². The number of nitrogens with zero attached hydrogens (tertiary/aromatic N) is 5. The fourth-order valence-corrected chi connectivity index (χ4v) is 3.66. The molecular weight excluding hydrogens is 322 g/mol. The maximum atomic E-state index is 5.80. The van der Waals surface area contributed by atoms with Crippen LogP contribution in [-0.2, 0) is 26.2 Å². The van der Waals surface area contributed by atoms with E-state index < -0.39 is 0 Å². The maximum absolute atomic E-state index is 5.80. The van der Waals surface area contributed by atoms with Gasteiger partial charge >= 0.3 is 0 Å². The molecule has 0 radical (unpaired) electrons. The Morgan fingerprint density at radius 2 is 2.21 bits per heavy atom. The second kappa shape index (κ2) is 7.11. The molecule has 1 aliphatic heterocycles. The van der Waals surface area contributed by atoms with Gasteiger partial charge in [0.15, 0.2) is 0 Å². The van der Waals surface area contributed by atoms with Gasteiger partial charge in [-0.1, -0.05) is 11.3 Å². The first-order valence-electron chi connectivity index (χ1n) is 8.07. The third-order valence-corrected chi connectivity index (χ3v) is 4.97. The van der Waals surface area contributed by atoms with Crippen molar-refractivity contribution >= 4 is 11.3 Å². The van der Waals surface area contributed by atoms with Gasteiger partial charge in [-0.25, -0.2) is 4.68 Å². The number of rotatable bonds is 5. The number of ether oxygens (including phenoxy) is 1. The van der Waals surface area contributed by atoms with Gasteiger partial charge in [-0.05, 0) is 30.0 Å². The first-order valence-corrected chi connectivity index (χ1v) is 8.95. The first kappa shape index (κ1) is 15.3. The smallest absolute Gasteiger partial charge is 0.138 e.